The lowest BCUT2D eigenvalue weighted by Gasteiger charge is -2.17. The summed E-state index contributed by atoms with van der Waals surface area (Å²) in [4.78, 5) is 15.6. The predicted molar refractivity (Wildman–Crippen MR) is 257 cm³/mol. The van der Waals surface area contributed by atoms with E-state index < -0.39 is 0 Å². The van der Waals surface area contributed by atoms with Crippen molar-refractivity contribution >= 4 is 75.9 Å². The number of nitrogens with zero attached hydrogens (tertiary/aromatic N) is 5. The molecular formula is C57H35N5. The molecule has 3 aromatic heterocycles. The molecule has 62 heavy (non-hydrogen) atoms. The molecule has 288 valence electrons. The van der Waals surface area contributed by atoms with Gasteiger partial charge >= 0.3 is 0 Å². The Morgan fingerprint density at radius 1 is 0.290 bits per heavy atom. The smallest absolute Gasteiger partial charge is 0.164 e. The lowest BCUT2D eigenvalue weighted by Crippen LogP contribution is -2.02. The summed E-state index contributed by atoms with van der Waals surface area (Å²) in [7, 11) is 0. The molecule has 0 aliphatic heterocycles. The molecule has 5 nitrogen and oxygen atoms in total. The van der Waals surface area contributed by atoms with E-state index in [-0.39, 0.29) is 0 Å². The molecule has 0 N–H and O–H groups in total. The number of fused-ring (bicyclic) bond motifs is 9. The molecule has 0 radical (unpaired) electrons. The van der Waals surface area contributed by atoms with Crippen LogP contribution >= 0.6 is 0 Å². The summed E-state index contributed by atoms with van der Waals surface area (Å²) in [5, 5.41) is 11.7. The van der Waals surface area contributed by atoms with Crippen molar-refractivity contribution in [1.82, 2.24) is 24.1 Å². The van der Waals surface area contributed by atoms with E-state index in [1.807, 2.05) is 18.2 Å². The van der Waals surface area contributed by atoms with E-state index in [2.05, 4.69) is 203 Å². The van der Waals surface area contributed by atoms with E-state index in [4.69, 9.17) is 15.0 Å². The molecule has 0 unspecified atom stereocenters. The Bertz CT molecular complexity index is 3880. The maximum Gasteiger partial charge on any atom is 0.164 e. The first-order chi connectivity index (χ1) is 30.8. The van der Waals surface area contributed by atoms with E-state index in [9.17, 15) is 0 Å². The zero-order chi connectivity index (χ0) is 40.7. The van der Waals surface area contributed by atoms with Crippen molar-refractivity contribution in [3.8, 4) is 45.5 Å². The van der Waals surface area contributed by atoms with Crippen LogP contribution in [0.5, 0.6) is 0 Å². The highest BCUT2D eigenvalue weighted by Gasteiger charge is 2.24. The van der Waals surface area contributed by atoms with Crippen molar-refractivity contribution < 1.29 is 0 Å². The van der Waals surface area contributed by atoms with Gasteiger partial charge in [0.05, 0.1) is 33.4 Å². The van der Waals surface area contributed by atoms with Crippen molar-refractivity contribution in [3.05, 3.63) is 212 Å². The summed E-state index contributed by atoms with van der Waals surface area (Å²) in [5.41, 5.74) is 9.80. The standard InChI is InChI=1S/C57H35N5/c1-2-18-37(19-3-1)55-58-56(45-29-16-21-36-17-4-6-22-39(36)45)60-57(59-55)46-33-34-51(42-25-9-8-24-41(42)46)61-50-32-15-12-28-47(50)53-52(61)35-38-20-5-7-23-40(38)54(53)62-48-30-13-10-26-43(48)44-27-11-14-31-49(44)62/h1-35H. The average Bonchev–Trinajstić information content (AvgIpc) is 3.85. The normalized spacial score (nSPS) is 11.9. The Morgan fingerprint density at radius 3 is 1.50 bits per heavy atom. The minimum absolute atomic E-state index is 0.631. The van der Waals surface area contributed by atoms with Crippen molar-refractivity contribution in [2.24, 2.45) is 0 Å². The molecule has 13 rings (SSSR count). The predicted octanol–water partition coefficient (Wildman–Crippen LogP) is 14.5. The molecule has 0 atom stereocenters. The van der Waals surface area contributed by atoms with Crippen LogP contribution in [-0.4, -0.2) is 24.1 Å². The van der Waals surface area contributed by atoms with E-state index >= 15 is 0 Å². The number of rotatable bonds is 5. The van der Waals surface area contributed by atoms with Crippen LogP contribution in [0.15, 0.2) is 212 Å². The number of benzene rings is 10. The van der Waals surface area contributed by atoms with Gasteiger partial charge in [0, 0.05) is 49.0 Å². The maximum absolute atomic E-state index is 5.28. The summed E-state index contributed by atoms with van der Waals surface area (Å²) >= 11 is 0. The van der Waals surface area contributed by atoms with Crippen LogP contribution in [0.3, 0.4) is 0 Å². The second-order valence-electron chi connectivity index (χ2n) is 15.9. The molecule has 5 heteroatoms. The summed E-state index contributed by atoms with van der Waals surface area (Å²) in [6.45, 7) is 0. The molecule has 13 aromatic rings. The molecule has 0 bridgehead atoms. The van der Waals surface area contributed by atoms with Gasteiger partial charge in [-0.05, 0) is 57.9 Å². The van der Waals surface area contributed by atoms with Gasteiger partial charge in [0.2, 0.25) is 0 Å². The first-order valence-corrected chi connectivity index (χ1v) is 21.0. The second-order valence-corrected chi connectivity index (χ2v) is 15.9. The molecule has 0 fully saturated rings. The molecule has 0 saturated heterocycles. The van der Waals surface area contributed by atoms with Gasteiger partial charge in [0.15, 0.2) is 17.5 Å². The van der Waals surface area contributed by atoms with Crippen LogP contribution in [0.1, 0.15) is 0 Å². The lowest BCUT2D eigenvalue weighted by molar-refractivity contribution is 1.08. The van der Waals surface area contributed by atoms with Crippen LogP contribution in [0, 0.1) is 0 Å². The van der Waals surface area contributed by atoms with Crippen LogP contribution in [0.2, 0.25) is 0 Å². The fourth-order valence-corrected chi connectivity index (χ4v) is 9.85. The van der Waals surface area contributed by atoms with Gasteiger partial charge in [-0.3, -0.25) is 0 Å². The molecule has 0 aliphatic carbocycles. The Morgan fingerprint density at radius 2 is 0.790 bits per heavy atom. The monoisotopic (exact) mass is 789 g/mol. The van der Waals surface area contributed by atoms with Crippen molar-refractivity contribution in [3.63, 3.8) is 0 Å². The molecule has 3 heterocycles. The van der Waals surface area contributed by atoms with Crippen LogP contribution in [0.25, 0.3) is 121 Å². The first kappa shape index (κ1) is 34.5. The maximum atomic E-state index is 5.28. The van der Waals surface area contributed by atoms with E-state index in [0.717, 1.165) is 55.0 Å². The highest BCUT2D eigenvalue weighted by atomic mass is 15.0. The van der Waals surface area contributed by atoms with Gasteiger partial charge in [-0.25, -0.2) is 15.0 Å². The first-order valence-electron chi connectivity index (χ1n) is 21.0. The van der Waals surface area contributed by atoms with Gasteiger partial charge < -0.3 is 9.13 Å². The van der Waals surface area contributed by atoms with Crippen molar-refractivity contribution in [2.45, 2.75) is 0 Å². The minimum Gasteiger partial charge on any atom is -0.309 e. The Balaban J connectivity index is 1.10. The highest BCUT2D eigenvalue weighted by molar-refractivity contribution is 6.22. The zero-order valence-electron chi connectivity index (χ0n) is 33.4. The zero-order valence-corrected chi connectivity index (χ0v) is 33.4. The molecule has 0 aliphatic rings. The number of hydrogen-bond acceptors (Lipinski definition) is 3. The van der Waals surface area contributed by atoms with E-state index in [1.165, 1.54) is 49.0 Å². The molecule has 0 spiro atoms. The fraction of sp³-hybridized carbons (Fsp3) is 0. The Kier molecular flexibility index (Phi) is 7.54. The van der Waals surface area contributed by atoms with Crippen molar-refractivity contribution in [2.75, 3.05) is 0 Å². The SMILES string of the molecule is c1ccc(-c2nc(-c3cccc4ccccc34)nc(-c3ccc(-n4c5ccccc5c5c(-n6c7ccccc7c7ccccc76)c6ccccc6cc54)c4ccccc34)n2)cc1. The molecule has 0 saturated carbocycles. The van der Waals surface area contributed by atoms with E-state index in [1.54, 1.807) is 0 Å². The lowest BCUT2D eigenvalue weighted by atomic mass is 10.0. The summed E-state index contributed by atoms with van der Waals surface area (Å²) in [6, 6.07) is 75.7. The summed E-state index contributed by atoms with van der Waals surface area (Å²) in [6.07, 6.45) is 0. The van der Waals surface area contributed by atoms with Gasteiger partial charge in [0.25, 0.3) is 0 Å². The third-order valence-electron chi connectivity index (χ3n) is 12.5. The molecule has 0 amide bonds. The van der Waals surface area contributed by atoms with Gasteiger partial charge in [-0.2, -0.15) is 0 Å². The Hall–Kier alpha value is -8.41. The largest absolute Gasteiger partial charge is 0.309 e. The fourth-order valence-electron chi connectivity index (χ4n) is 9.85. The topological polar surface area (TPSA) is 48.5 Å². The van der Waals surface area contributed by atoms with Crippen LogP contribution in [0.4, 0.5) is 0 Å². The number of para-hydroxylation sites is 3. The van der Waals surface area contributed by atoms with Crippen LogP contribution < -0.4 is 0 Å². The van der Waals surface area contributed by atoms with Gasteiger partial charge in [0.1, 0.15) is 0 Å². The highest BCUT2D eigenvalue weighted by Crippen LogP contribution is 2.45. The Labute approximate surface area is 356 Å². The summed E-state index contributed by atoms with van der Waals surface area (Å²) < 4.78 is 4.96. The third kappa shape index (κ3) is 5.12. The second kappa shape index (κ2) is 13.6. The number of hydrogen-bond donors (Lipinski definition) is 0. The molecular weight excluding hydrogens is 755 g/mol. The van der Waals surface area contributed by atoms with E-state index in [0.29, 0.717) is 17.5 Å². The third-order valence-corrected chi connectivity index (χ3v) is 12.5. The van der Waals surface area contributed by atoms with Gasteiger partial charge in [-0.15, -0.1) is 0 Å². The quantitative estimate of drug-likeness (QED) is 0.174. The van der Waals surface area contributed by atoms with Crippen LogP contribution in [-0.2, 0) is 0 Å². The summed E-state index contributed by atoms with van der Waals surface area (Å²) in [5.74, 6) is 1.91. The number of aromatic nitrogens is 5. The minimum atomic E-state index is 0.631. The molecule has 10 aromatic carbocycles. The van der Waals surface area contributed by atoms with Gasteiger partial charge in [-0.1, -0.05) is 176 Å². The average molecular weight is 790 g/mol. The van der Waals surface area contributed by atoms with Crippen molar-refractivity contribution in [1.29, 1.82) is 0 Å².